The van der Waals surface area contributed by atoms with Crippen molar-refractivity contribution in [2.75, 3.05) is 19.6 Å². The Morgan fingerprint density at radius 1 is 1.31 bits per heavy atom. The maximum Gasteiger partial charge on any atom is 0.288 e. The lowest BCUT2D eigenvalue weighted by Gasteiger charge is -2.34. The van der Waals surface area contributed by atoms with Gasteiger partial charge in [0.1, 0.15) is 0 Å². The van der Waals surface area contributed by atoms with Crippen molar-refractivity contribution in [3.8, 4) is 0 Å². The third-order valence-corrected chi connectivity index (χ3v) is 2.35. The summed E-state index contributed by atoms with van der Waals surface area (Å²) < 4.78 is 0.630. The molecule has 0 rings (SSSR count). The number of nitrogens with zero attached hydrogens (tertiary/aromatic N) is 1. The first-order chi connectivity index (χ1) is 5.64. The van der Waals surface area contributed by atoms with Crippen LogP contribution >= 0.6 is 0 Å². The van der Waals surface area contributed by atoms with Gasteiger partial charge in [-0.1, -0.05) is 6.58 Å². The van der Waals surface area contributed by atoms with Gasteiger partial charge < -0.3 is 12.4 Å². The Bertz CT molecular complexity index is 159. The Kier molecular flexibility index (Phi) is 7.96. The van der Waals surface area contributed by atoms with Crippen LogP contribution in [0.3, 0.4) is 0 Å². The molecule has 0 spiro atoms. The number of quaternary nitrogens is 1. The highest BCUT2D eigenvalue weighted by Gasteiger charge is 2.22. The normalized spacial score (nSPS) is 10.1. The van der Waals surface area contributed by atoms with E-state index < -0.39 is 0 Å². The Hall–Kier alpha value is -0.540. The van der Waals surface area contributed by atoms with Crippen LogP contribution in [-0.2, 0) is 4.79 Å². The van der Waals surface area contributed by atoms with Gasteiger partial charge in [-0.15, -0.1) is 0 Å². The quantitative estimate of drug-likeness (QED) is 0.317. The van der Waals surface area contributed by atoms with E-state index in [0.717, 1.165) is 19.6 Å². The van der Waals surface area contributed by atoms with Crippen LogP contribution in [0.5, 0.6) is 0 Å². The molecule has 78 valence electrons. The van der Waals surface area contributed by atoms with Gasteiger partial charge in [0.15, 0.2) is 0 Å². The number of carbonyl (C=O) groups excluding carboxylic acids is 1. The summed E-state index contributed by atoms with van der Waals surface area (Å²) in [6, 6.07) is 0. The largest absolute Gasteiger partial charge is 1.00 e. The summed E-state index contributed by atoms with van der Waals surface area (Å²) in [4.78, 5) is 11.1. The minimum Gasteiger partial charge on any atom is -1.00 e. The van der Waals surface area contributed by atoms with Crippen LogP contribution in [-0.4, -0.2) is 30.1 Å². The molecule has 13 heavy (non-hydrogen) atoms. The minimum atomic E-state index is -0.0967. The van der Waals surface area contributed by atoms with E-state index in [1.54, 1.807) is 0 Å². The lowest BCUT2D eigenvalue weighted by atomic mass is 10.4. The molecule has 0 aromatic rings. The topological polar surface area (TPSA) is 29.1 Å². The molecule has 0 aromatic carbocycles. The summed E-state index contributed by atoms with van der Waals surface area (Å²) in [6.45, 7) is 12.4. The molecule has 1 amide bonds. The molecule has 0 aromatic heterocycles. The molecular formula is C9H19ClN2O. The monoisotopic (exact) mass is 206 g/mol. The third kappa shape index (κ3) is 4.29. The maximum atomic E-state index is 11.1. The maximum absolute atomic E-state index is 11.1. The second-order valence-corrected chi connectivity index (χ2v) is 2.77. The number of amides is 1. The minimum absolute atomic E-state index is 0. The van der Waals surface area contributed by atoms with Crippen LogP contribution in [0.1, 0.15) is 20.8 Å². The molecule has 1 N–H and O–H groups in total. The van der Waals surface area contributed by atoms with Gasteiger partial charge in [0, 0.05) is 6.08 Å². The Labute approximate surface area is 86.8 Å². The highest BCUT2D eigenvalue weighted by molar-refractivity contribution is 5.85. The lowest BCUT2D eigenvalue weighted by molar-refractivity contribution is -0.956. The fourth-order valence-corrected chi connectivity index (χ4v) is 1.19. The summed E-state index contributed by atoms with van der Waals surface area (Å²) >= 11 is 0. The van der Waals surface area contributed by atoms with Crippen LogP contribution in [0, 0.1) is 0 Å². The van der Waals surface area contributed by atoms with Crippen LogP contribution in [0.4, 0.5) is 0 Å². The average Bonchev–Trinajstić information content (AvgIpc) is 2.14. The van der Waals surface area contributed by atoms with E-state index in [-0.39, 0.29) is 18.3 Å². The number of halogens is 1. The molecule has 0 bridgehead atoms. The van der Waals surface area contributed by atoms with Gasteiger partial charge in [0.05, 0.1) is 19.6 Å². The van der Waals surface area contributed by atoms with Crippen LogP contribution in [0.15, 0.2) is 12.7 Å². The molecular weight excluding hydrogens is 188 g/mol. The van der Waals surface area contributed by atoms with Crippen LogP contribution in [0.25, 0.3) is 0 Å². The standard InChI is InChI=1S/C9H18N2O.ClH/c1-5-9(12)10-11(6-2,7-3)8-4;/h5H,1,6-8H2,2-4H3;1H. The summed E-state index contributed by atoms with van der Waals surface area (Å²) in [6.07, 6.45) is 1.31. The fourth-order valence-electron chi connectivity index (χ4n) is 1.19. The molecule has 0 atom stereocenters. The average molecular weight is 207 g/mol. The summed E-state index contributed by atoms with van der Waals surface area (Å²) in [5.74, 6) is -0.0967. The molecule has 0 saturated carbocycles. The number of hydrogen-bond acceptors (Lipinski definition) is 1. The van der Waals surface area contributed by atoms with Crippen molar-refractivity contribution < 1.29 is 21.8 Å². The highest BCUT2D eigenvalue weighted by atomic mass is 35.5. The molecule has 0 unspecified atom stereocenters. The van der Waals surface area contributed by atoms with E-state index >= 15 is 0 Å². The van der Waals surface area contributed by atoms with Gasteiger partial charge in [0.2, 0.25) is 0 Å². The van der Waals surface area contributed by atoms with E-state index in [4.69, 9.17) is 0 Å². The number of rotatable bonds is 5. The van der Waals surface area contributed by atoms with Gasteiger partial charge in [-0.05, 0) is 20.8 Å². The molecule has 0 aliphatic carbocycles. The van der Waals surface area contributed by atoms with E-state index in [1.165, 1.54) is 6.08 Å². The number of hydrogen-bond donors (Lipinski definition) is 1. The van der Waals surface area contributed by atoms with E-state index in [2.05, 4.69) is 32.8 Å². The van der Waals surface area contributed by atoms with Gasteiger partial charge in [0.25, 0.3) is 5.91 Å². The zero-order valence-electron chi connectivity index (χ0n) is 8.64. The Balaban J connectivity index is 0. The molecule has 0 heterocycles. The van der Waals surface area contributed by atoms with Crippen molar-refractivity contribution in [2.45, 2.75) is 20.8 Å². The molecule has 0 radical (unpaired) electrons. The lowest BCUT2D eigenvalue weighted by Crippen LogP contribution is -3.00. The summed E-state index contributed by atoms with van der Waals surface area (Å²) in [5, 5.41) is 0. The second-order valence-electron chi connectivity index (χ2n) is 2.77. The van der Waals surface area contributed by atoms with Crippen molar-refractivity contribution in [1.82, 2.24) is 5.43 Å². The van der Waals surface area contributed by atoms with Crippen molar-refractivity contribution >= 4 is 5.91 Å². The SMILES string of the molecule is C=CC(=O)N[N+](CC)(CC)CC.[Cl-]. The van der Waals surface area contributed by atoms with Crippen molar-refractivity contribution in [3.63, 3.8) is 0 Å². The van der Waals surface area contributed by atoms with E-state index in [0.29, 0.717) is 4.59 Å². The number of nitrogens with one attached hydrogen (secondary N) is 1. The van der Waals surface area contributed by atoms with Crippen molar-refractivity contribution in [3.05, 3.63) is 12.7 Å². The fraction of sp³-hybridized carbons (Fsp3) is 0.667. The van der Waals surface area contributed by atoms with Gasteiger partial charge in [-0.25, -0.2) is 4.59 Å². The first kappa shape index (κ1) is 15.0. The molecule has 0 saturated heterocycles. The first-order valence-electron chi connectivity index (χ1n) is 4.44. The van der Waals surface area contributed by atoms with Gasteiger partial charge >= 0.3 is 0 Å². The highest BCUT2D eigenvalue weighted by Crippen LogP contribution is 1.99. The first-order valence-corrected chi connectivity index (χ1v) is 4.44. The predicted molar refractivity (Wildman–Crippen MR) is 50.2 cm³/mol. The van der Waals surface area contributed by atoms with Crippen LogP contribution < -0.4 is 17.8 Å². The third-order valence-electron chi connectivity index (χ3n) is 2.35. The van der Waals surface area contributed by atoms with Crippen molar-refractivity contribution in [1.29, 1.82) is 0 Å². The zero-order chi connectivity index (χ0) is 9.61. The smallest absolute Gasteiger partial charge is 0.288 e. The number of carbonyl (C=O) groups is 1. The molecule has 4 heteroatoms. The summed E-state index contributed by atoms with van der Waals surface area (Å²) in [7, 11) is 0. The molecule has 0 fully saturated rings. The Morgan fingerprint density at radius 3 is 1.92 bits per heavy atom. The zero-order valence-corrected chi connectivity index (χ0v) is 9.40. The van der Waals surface area contributed by atoms with E-state index in [9.17, 15) is 4.79 Å². The molecule has 0 aliphatic heterocycles. The van der Waals surface area contributed by atoms with Gasteiger partial charge in [-0.3, -0.25) is 4.79 Å². The molecule has 0 aliphatic rings. The molecule has 3 nitrogen and oxygen atoms in total. The van der Waals surface area contributed by atoms with Gasteiger partial charge in [-0.2, -0.15) is 5.43 Å². The predicted octanol–water partition coefficient (Wildman–Crippen LogP) is -1.92. The summed E-state index contributed by atoms with van der Waals surface area (Å²) in [5.41, 5.74) is 2.91. The van der Waals surface area contributed by atoms with E-state index in [1.807, 2.05) is 0 Å². The van der Waals surface area contributed by atoms with Crippen LogP contribution in [0.2, 0.25) is 0 Å². The second kappa shape index (κ2) is 6.92. The Morgan fingerprint density at radius 2 is 1.69 bits per heavy atom. The van der Waals surface area contributed by atoms with Crippen molar-refractivity contribution in [2.24, 2.45) is 0 Å².